The standard InChI is InChI=1S/C22H32N6O2.C17H24N6.C15H24ClN5O2.C9H18N2O2.C7H9N.C6H7Cl2N3.C4HCl3N2.C3H8.CH2Cl2.ClH/c1-16-7-9-17(10-8-16)23-18-15-19(26(5)6)25-20(24-18)27-11-13-28(14-12-27)21(29)30-22(2,3)4;1-13-4-6-14(7-5-13)19-15-12-16(22(2)3)21-17(20-15)23-10-8-18-9-11-23;1-15(2,3)23-14(22)21-8-6-20(7-9-21)13-17-11(16)10-12(18-13)19(4)5;1-9(2,3)13-8(12)11-6-4-10-5-7-11;1-6-2-4-7(8)5-3-6;1-11(2)5-3-4(7)9-6(8)10-5;5-2-1-3(6)9-4(7)8-2;1-3-2;2-1-3;/h7-10,15H,11-14H2,1-6H3,(H,23,24,25);4-7,12,18H,8-11H2,1-3H3,(H,19,20,21);10H,6-9H2,1-5H3;10H,4-7H2,1-3H3;2-5H,8H2,1H3;3H,1-2H3;1H;3H2,1-2H3;1H2;1H. The summed E-state index contributed by atoms with van der Waals surface area (Å²) >= 11 is 43.0. The minimum atomic E-state index is -0.492. The predicted molar refractivity (Wildman–Crippen MR) is 518 cm³/mol. The Bertz CT molecular complexity index is 4360. The molecule has 0 spiro atoms. The highest BCUT2D eigenvalue weighted by Crippen LogP contribution is 2.28. The van der Waals surface area contributed by atoms with Crippen molar-refractivity contribution >= 4 is 193 Å². The van der Waals surface area contributed by atoms with E-state index in [9.17, 15) is 14.4 Å². The Balaban J connectivity index is 0.000000384. The van der Waals surface area contributed by atoms with Gasteiger partial charge in [0.05, 0.1) is 5.34 Å². The molecule has 5 aromatic heterocycles. The van der Waals surface area contributed by atoms with Crippen LogP contribution in [0.1, 0.15) is 99.3 Å². The van der Waals surface area contributed by atoms with E-state index in [1.807, 2.05) is 194 Å². The Morgan fingerprint density at radius 1 is 0.387 bits per heavy atom. The molecule has 4 aliphatic heterocycles. The first kappa shape index (κ1) is 110. The molecule has 3 amide bonds. The number of nitrogen functional groups attached to an aromatic ring is 1. The normalized spacial score (nSPS) is 13.5. The van der Waals surface area contributed by atoms with Gasteiger partial charge in [-0.1, -0.05) is 120 Å². The Hall–Kier alpha value is -8.60. The van der Waals surface area contributed by atoms with Crippen molar-refractivity contribution < 1.29 is 28.6 Å². The number of aryl methyl sites for hydroxylation is 3. The van der Waals surface area contributed by atoms with Gasteiger partial charge in [-0.2, -0.15) is 24.9 Å². The molecular weight excluding hydrogens is 1770 g/mol. The van der Waals surface area contributed by atoms with E-state index in [2.05, 4.69) is 130 Å². The number of halogens is 9. The van der Waals surface area contributed by atoms with E-state index < -0.39 is 11.2 Å². The van der Waals surface area contributed by atoms with Crippen molar-refractivity contribution in [3.05, 3.63) is 151 Å². The van der Waals surface area contributed by atoms with Crippen LogP contribution in [-0.4, -0.2) is 266 Å². The van der Waals surface area contributed by atoms with Crippen LogP contribution in [0.4, 0.5) is 84.2 Å². The lowest BCUT2D eigenvalue weighted by Crippen LogP contribution is -2.50. The molecule has 9 heterocycles. The van der Waals surface area contributed by atoms with Crippen molar-refractivity contribution in [2.45, 2.75) is 120 Å². The summed E-state index contributed by atoms with van der Waals surface area (Å²) < 4.78 is 16.1. The fourth-order valence-corrected chi connectivity index (χ4v) is 11.7. The van der Waals surface area contributed by atoms with Crippen LogP contribution in [0, 0.1) is 20.8 Å². The minimum Gasteiger partial charge on any atom is -0.444 e. The van der Waals surface area contributed by atoms with Gasteiger partial charge < -0.3 is 90.2 Å². The van der Waals surface area contributed by atoms with Gasteiger partial charge in [0, 0.05) is 208 Å². The fraction of sp³-hybridized carbons (Fsp3) is 0.512. The molecule has 0 radical (unpaired) electrons. The number of nitrogens with two attached hydrogens (primary N) is 1. The number of benzene rings is 3. The van der Waals surface area contributed by atoms with Crippen LogP contribution < -0.4 is 61.3 Å². The zero-order valence-corrected chi connectivity index (χ0v) is 82.3. The third kappa shape index (κ3) is 44.0. The number of amides is 3. The molecule has 4 aliphatic rings. The summed E-state index contributed by atoms with van der Waals surface area (Å²) in [5.41, 5.74) is 10.6. The fourth-order valence-electron chi connectivity index (χ4n) is 10.5. The van der Waals surface area contributed by atoms with E-state index in [1.165, 1.54) is 29.2 Å². The van der Waals surface area contributed by atoms with Crippen molar-refractivity contribution in [2.75, 3.05) is 217 Å². The largest absolute Gasteiger partial charge is 0.444 e. The highest BCUT2D eigenvalue weighted by molar-refractivity contribution is 6.40. The van der Waals surface area contributed by atoms with Gasteiger partial charge in [-0.25, -0.2) is 39.3 Å². The van der Waals surface area contributed by atoms with Gasteiger partial charge in [-0.05, 0) is 143 Å². The molecule has 8 aromatic rings. The number of aromatic nitrogens is 10. The summed E-state index contributed by atoms with van der Waals surface area (Å²) in [7, 11) is 15.4. The highest BCUT2D eigenvalue weighted by Gasteiger charge is 2.30. The number of piperazine rings is 4. The number of carbonyl (C=O) groups is 3. The molecular formula is C84H126Cl9N25O6. The van der Waals surface area contributed by atoms with Gasteiger partial charge in [0.2, 0.25) is 28.4 Å². The summed E-state index contributed by atoms with van der Waals surface area (Å²) in [6, 6.07) is 33.0. The van der Waals surface area contributed by atoms with Crippen molar-refractivity contribution in [1.29, 1.82) is 0 Å². The molecule has 686 valence electrons. The molecule has 31 nitrogen and oxygen atoms in total. The maximum Gasteiger partial charge on any atom is 0.410 e. The average Bonchev–Trinajstić information content (AvgIpc) is 0.833. The first-order valence-electron chi connectivity index (χ1n) is 40.1. The van der Waals surface area contributed by atoms with Crippen molar-refractivity contribution in [3.8, 4) is 0 Å². The number of nitrogens with one attached hydrogen (secondary N) is 4. The van der Waals surface area contributed by atoms with Crippen molar-refractivity contribution in [1.82, 2.24) is 75.2 Å². The number of carbonyl (C=O) groups excluding carboxylic acids is 3. The van der Waals surface area contributed by atoms with E-state index in [0.717, 1.165) is 104 Å². The van der Waals surface area contributed by atoms with Gasteiger partial charge in [0.15, 0.2) is 0 Å². The molecule has 3 aromatic carbocycles. The number of rotatable bonds is 11. The van der Waals surface area contributed by atoms with E-state index in [-0.39, 0.29) is 62.5 Å². The zero-order chi connectivity index (χ0) is 91.9. The van der Waals surface area contributed by atoms with E-state index >= 15 is 0 Å². The summed E-state index contributed by atoms with van der Waals surface area (Å²) in [4.78, 5) is 97.5. The summed E-state index contributed by atoms with van der Waals surface area (Å²) in [6.45, 7) is 39.2. The van der Waals surface area contributed by atoms with Crippen LogP contribution in [-0.2, 0) is 14.2 Å². The lowest BCUT2D eigenvalue weighted by molar-refractivity contribution is 0.0221. The second-order valence-electron chi connectivity index (χ2n) is 31.9. The second-order valence-corrected chi connectivity index (χ2v) is 34.9. The summed E-state index contributed by atoms with van der Waals surface area (Å²) in [5.74, 6) is 6.78. The number of alkyl halides is 2. The third-order valence-corrected chi connectivity index (χ3v) is 17.6. The topological polar surface area (TPSA) is 314 Å². The lowest BCUT2D eigenvalue weighted by atomic mass is 10.2. The zero-order valence-electron chi connectivity index (χ0n) is 75.4. The Labute approximate surface area is 779 Å². The van der Waals surface area contributed by atoms with Gasteiger partial charge in [-0.3, -0.25) is 0 Å². The maximum absolute atomic E-state index is 12.3. The molecule has 0 bridgehead atoms. The van der Waals surface area contributed by atoms with Gasteiger partial charge in [0.25, 0.3) is 0 Å². The monoisotopic (exact) mass is 1900 g/mol. The summed E-state index contributed by atoms with van der Waals surface area (Å²) in [5, 5.41) is 15.0. The number of nitrogens with zero attached hydrogens (tertiary/aromatic N) is 20. The van der Waals surface area contributed by atoms with E-state index in [0.29, 0.717) is 80.4 Å². The minimum absolute atomic E-state index is 0. The van der Waals surface area contributed by atoms with Gasteiger partial charge in [0.1, 0.15) is 72.3 Å². The smallest absolute Gasteiger partial charge is 0.410 e. The third-order valence-electron chi connectivity index (χ3n) is 16.5. The molecule has 0 unspecified atom stereocenters. The maximum atomic E-state index is 12.3. The number of anilines is 12. The molecule has 0 saturated carbocycles. The van der Waals surface area contributed by atoms with Crippen LogP contribution in [0.25, 0.3) is 0 Å². The number of hydrogen-bond donors (Lipinski definition) is 5. The van der Waals surface area contributed by atoms with E-state index in [4.69, 9.17) is 128 Å². The molecule has 6 N–H and O–H groups in total. The van der Waals surface area contributed by atoms with Crippen LogP contribution in [0.5, 0.6) is 0 Å². The van der Waals surface area contributed by atoms with Crippen LogP contribution >= 0.6 is 105 Å². The Morgan fingerprint density at radius 2 is 0.645 bits per heavy atom. The average molecular weight is 1900 g/mol. The SMILES string of the molecule is CC(C)(C)OC(=O)N1CCNCC1.CCC.CN(C)c1cc(Cl)nc(Cl)n1.CN(C)c1cc(Cl)nc(N2CCN(C(=O)OC(C)(C)C)CC2)n1.Cc1ccc(N)cc1.Cc1ccc(Nc2cc(N(C)C)nc(N3CCN(C(=O)OC(C)(C)C)CC3)n2)cc1.Cc1ccc(Nc2cc(N(C)C)nc(N3CCNCC3)n2)cc1.Cl.ClCCl.Clc1cc(Cl)nc(Cl)n1. The lowest BCUT2D eigenvalue weighted by Gasteiger charge is -2.35. The van der Waals surface area contributed by atoms with E-state index in [1.54, 1.807) is 31.7 Å². The van der Waals surface area contributed by atoms with Crippen molar-refractivity contribution in [2.24, 2.45) is 0 Å². The number of ether oxygens (including phenoxy) is 3. The Kier molecular flexibility index (Phi) is 48.7. The molecule has 12 rings (SSSR count). The highest BCUT2D eigenvalue weighted by atomic mass is 35.5. The molecule has 40 heteroatoms. The molecule has 4 saturated heterocycles. The molecule has 4 fully saturated rings. The molecule has 124 heavy (non-hydrogen) atoms. The van der Waals surface area contributed by atoms with Crippen molar-refractivity contribution in [3.63, 3.8) is 0 Å². The van der Waals surface area contributed by atoms with Crippen LogP contribution in [0.2, 0.25) is 31.2 Å². The summed E-state index contributed by atoms with van der Waals surface area (Å²) in [6.07, 6.45) is 0.499. The Morgan fingerprint density at radius 3 is 0.944 bits per heavy atom. The molecule has 0 atom stereocenters. The first-order valence-corrected chi connectivity index (χ1v) is 43.4. The van der Waals surface area contributed by atoms with Crippen LogP contribution in [0.3, 0.4) is 0 Å². The number of hydrogen-bond acceptors (Lipinski definition) is 28. The van der Waals surface area contributed by atoms with Crippen LogP contribution in [0.15, 0.2) is 103 Å². The second kappa shape index (κ2) is 55.1. The first-order chi connectivity index (χ1) is 57.7. The molecule has 0 aliphatic carbocycles. The quantitative estimate of drug-likeness (QED) is 0.0264. The predicted octanol–water partition coefficient (Wildman–Crippen LogP) is 17.9. The van der Waals surface area contributed by atoms with Gasteiger partial charge >= 0.3 is 18.3 Å². The van der Waals surface area contributed by atoms with Gasteiger partial charge in [-0.15, -0.1) is 35.6 Å².